The van der Waals surface area contributed by atoms with Crippen LogP contribution >= 0.6 is 11.8 Å². The lowest BCUT2D eigenvalue weighted by Gasteiger charge is -2.29. The Bertz CT molecular complexity index is 821. The lowest BCUT2D eigenvalue weighted by Crippen LogP contribution is -2.42. The number of para-hydroxylation sites is 2. The van der Waals surface area contributed by atoms with Crippen LogP contribution in [0.1, 0.15) is 31.5 Å². The molecule has 1 aromatic heterocycles. The van der Waals surface area contributed by atoms with Crippen molar-refractivity contribution in [2.45, 2.75) is 43.5 Å². The molecule has 0 radical (unpaired) electrons. The molecule has 0 N–H and O–H groups in total. The molecular weight excluding hydrogens is 364 g/mol. The standard InChI is InChI=1S/C19H24N4O3S/c1-3-23-18(13-8-9-13)20-21-19(23)27-12-17(24)22(2)10-14-11-25-15-6-4-5-7-16(15)26-14/h4-7,13-14H,3,8-12H2,1-2H3/t14-/m0/s1. The zero-order chi connectivity index (χ0) is 18.8. The lowest BCUT2D eigenvalue weighted by molar-refractivity contribution is -0.128. The average Bonchev–Trinajstić information content (AvgIpc) is 3.45. The summed E-state index contributed by atoms with van der Waals surface area (Å²) in [4.78, 5) is 14.2. The Morgan fingerprint density at radius 1 is 1.30 bits per heavy atom. The summed E-state index contributed by atoms with van der Waals surface area (Å²) in [7, 11) is 1.80. The molecule has 7 nitrogen and oxygen atoms in total. The van der Waals surface area contributed by atoms with Gasteiger partial charge >= 0.3 is 0 Å². The third kappa shape index (κ3) is 4.05. The molecule has 1 aliphatic heterocycles. The van der Waals surface area contributed by atoms with Crippen molar-refractivity contribution in [2.75, 3.05) is 26.0 Å². The molecule has 27 heavy (non-hydrogen) atoms. The van der Waals surface area contributed by atoms with Crippen molar-refractivity contribution in [2.24, 2.45) is 0 Å². The van der Waals surface area contributed by atoms with Crippen molar-refractivity contribution >= 4 is 17.7 Å². The highest BCUT2D eigenvalue weighted by molar-refractivity contribution is 7.99. The number of hydrogen-bond donors (Lipinski definition) is 0. The second-order valence-corrected chi connectivity index (χ2v) is 7.86. The molecule has 1 aliphatic carbocycles. The molecule has 1 amide bonds. The van der Waals surface area contributed by atoms with Gasteiger partial charge in [-0.3, -0.25) is 4.79 Å². The van der Waals surface area contributed by atoms with Crippen LogP contribution in [0.2, 0.25) is 0 Å². The molecule has 0 unspecified atom stereocenters. The van der Waals surface area contributed by atoms with Crippen molar-refractivity contribution in [1.82, 2.24) is 19.7 Å². The smallest absolute Gasteiger partial charge is 0.232 e. The topological polar surface area (TPSA) is 69.5 Å². The first-order chi connectivity index (χ1) is 13.2. The van der Waals surface area contributed by atoms with Crippen LogP contribution in [-0.2, 0) is 11.3 Å². The van der Waals surface area contributed by atoms with E-state index >= 15 is 0 Å². The Labute approximate surface area is 163 Å². The molecule has 0 spiro atoms. The van der Waals surface area contributed by atoms with E-state index in [4.69, 9.17) is 9.47 Å². The Hall–Kier alpha value is -2.22. The van der Waals surface area contributed by atoms with Crippen LogP contribution in [0.25, 0.3) is 0 Å². The number of carbonyl (C=O) groups is 1. The van der Waals surface area contributed by atoms with Gasteiger partial charge < -0.3 is 18.9 Å². The normalized spacial score (nSPS) is 18.4. The average molecular weight is 388 g/mol. The number of ether oxygens (including phenoxy) is 2. The number of amides is 1. The van der Waals surface area contributed by atoms with Gasteiger partial charge in [-0.25, -0.2) is 0 Å². The van der Waals surface area contributed by atoms with Crippen LogP contribution in [0.5, 0.6) is 11.5 Å². The van der Waals surface area contributed by atoms with Crippen LogP contribution in [0, 0.1) is 0 Å². The summed E-state index contributed by atoms with van der Waals surface area (Å²) in [5, 5.41) is 9.42. The predicted octanol–water partition coefficient (Wildman–Crippen LogP) is 2.57. The highest BCUT2D eigenvalue weighted by atomic mass is 32.2. The number of aromatic nitrogens is 3. The van der Waals surface area contributed by atoms with E-state index in [9.17, 15) is 4.79 Å². The maximum absolute atomic E-state index is 12.5. The van der Waals surface area contributed by atoms with Crippen LogP contribution < -0.4 is 9.47 Å². The fourth-order valence-corrected chi connectivity index (χ4v) is 4.09. The van der Waals surface area contributed by atoms with Gasteiger partial charge in [0.2, 0.25) is 5.91 Å². The van der Waals surface area contributed by atoms with Gasteiger partial charge in [-0.1, -0.05) is 23.9 Å². The van der Waals surface area contributed by atoms with E-state index in [-0.39, 0.29) is 12.0 Å². The van der Waals surface area contributed by atoms with Gasteiger partial charge in [0.1, 0.15) is 12.4 Å². The van der Waals surface area contributed by atoms with Gasteiger partial charge in [0, 0.05) is 19.5 Å². The van der Waals surface area contributed by atoms with Gasteiger partial charge in [0.05, 0.1) is 12.3 Å². The second-order valence-electron chi connectivity index (χ2n) is 6.92. The fraction of sp³-hybridized carbons (Fsp3) is 0.526. The minimum absolute atomic E-state index is 0.0427. The van der Waals surface area contributed by atoms with Crippen molar-refractivity contribution in [3.63, 3.8) is 0 Å². The summed E-state index contributed by atoms with van der Waals surface area (Å²) >= 11 is 1.45. The zero-order valence-electron chi connectivity index (χ0n) is 15.6. The number of thioether (sulfide) groups is 1. The molecule has 2 aromatic rings. The predicted molar refractivity (Wildman–Crippen MR) is 102 cm³/mol. The van der Waals surface area contributed by atoms with Gasteiger partial charge in [0.25, 0.3) is 0 Å². The first-order valence-electron chi connectivity index (χ1n) is 9.34. The SMILES string of the molecule is CCn1c(SCC(=O)N(C)C[C@H]2COc3ccccc3O2)nnc1C1CC1. The summed E-state index contributed by atoms with van der Waals surface area (Å²) in [6, 6.07) is 7.60. The molecule has 1 fully saturated rings. The van der Waals surface area contributed by atoms with Crippen LogP contribution in [0.15, 0.2) is 29.4 Å². The molecule has 144 valence electrons. The number of benzene rings is 1. The van der Waals surface area contributed by atoms with Gasteiger partial charge in [0.15, 0.2) is 22.8 Å². The van der Waals surface area contributed by atoms with Crippen LogP contribution in [-0.4, -0.2) is 57.6 Å². The summed E-state index contributed by atoms with van der Waals surface area (Å²) in [5.41, 5.74) is 0. The third-order valence-electron chi connectivity index (χ3n) is 4.80. The quantitative estimate of drug-likeness (QED) is 0.679. The lowest BCUT2D eigenvalue weighted by atomic mass is 10.2. The molecule has 0 bridgehead atoms. The molecule has 1 saturated carbocycles. The van der Waals surface area contributed by atoms with E-state index in [1.165, 1.54) is 24.6 Å². The van der Waals surface area contributed by atoms with E-state index < -0.39 is 0 Å². The second kappa shape index (κ2) is 7.80. The maximum Gasteiger partial charge on any atom is 0.232 e. The number of hydrogen-bond acceptors (Lipinski definition) is 6. The zero-order valence-corrected chi connectivity index (χ0v) is 16.4. The number of likely N-dealkylation sites (N-methyl/N-ethyl adjacent to an activating group) is 1. The molecule has 8 heteroatoms. The molecule has 2 aliphatic rings. The highest BCUT2D eigenvalue weighted by Gasteiger charge is 2.30. The Morgan fingerprint density at radius 2 is 2.07 bits per heavy atom. The Kier molecular flexibility index (Phi) is 5.24. The number of fused-ring (bicyclic) bond motifs is 1. The monoisotopic (exact) mass is 388 g/mol. The fourth-order valence-electron chi connectivity index (χ4n) is 3.14. The van der Waals surface area contributed by atoms with E-state index in [1.54, 1.807) is 11.9 Å². The van der Waals surface area contributed by atoms with Crippen molar-refractivity contribution in [3.8, 4) is 11.5 Å². The van der Waals surface area contributed by atoms with Crippen molar-refractivity contribution < 1.29 is 14.3 Å². The Morgan fingerprint density at radius 3 is 2.81 bits per heavy atom. The van der Waals surface area contributed by atoms with E-state index in [2.05, 4.69) is 21.7 Å². The minimum Gasteiger partial charge on any atom is -0.486 e. The van der Waals surface area contributed by atoms with Gasteiger partial charge in [-0.2, -0.15) is 0 Å². The number of rotatable bonds is 7. The van der Waals surface area contributed by atoms with E-state index in [1.807, 2.05) is 24.3 Å². The third-order valence-corrected chi connectivity index (χ3v) is 5.75. The maximum atomic E-state index is 12.5. The number of carbonyl (C=O) groups excluding carboxylic acids is 1. The molecular formula is C19H24N4O3S. The van der Waals surface area contributed by atoms with Gasteiger partial charge in [-0.05, 0) is 31.9 Å². The molecule has 0 saturated heterocycles. The Balaban J connectivity index is 1.30. The first-order valence-corrected chi connectivity index (χ1v) is 10.3. The van der Waals surface area contributed by atoms with Gasteiger partial charge in [-0.15, -0.1) is 10.2 Å². The molecule has 2 heterocycles. The number of nitrogens with zero attached hydrogens (tertiary/aromatic N) is 4. The summed E-state index contributed by atoms with van der Waals surface area (Å²) in [6.45, 7) is 3.85. The highest BCUT2D eigenvalue weighted by Crippen LogP contribution is 2.40. The van der Waals surface area contributed by atoms with Crippen molar-refractivity contribution in [1.29, 1.82) is 0 Å². The minimum atomic E-state index is -0.167. The van der Waals surface area contributed by atoms with E-state index in [0.717, 1.165) is 29.0 Å². The summed E-state index contributed by atoms with van der Waals surface area (Å²) in [6.07, 6.45) is 2.22. The molecule has 1 aromatic carbocycles. The first kappa shape index (κ1) is 18.2. The van der Waals surface area contributed by atoms with Crippen molar-refractivity contribution in [3.05, 3.63) is 30.1 Å². The molecule has 4 rings (SSSR count). The largest absolute Gasteiger partial charge is 0.486 e. The summed E-state index contributed by atoms with van der Waals surface area (Å²) < 4.78 is 13.8. The van der Waals surface area contributed by atoms with Crippen LogP contribution in [0.3, 0.4) is 0 Å². The van der Waals surface area contributed by atoms with E-state index in [0.29, 0.717) is 24.8 Å². The van der Waals surface area contributed by atoms with Crippen LogP contribution in [0.4, 0.5) is 0 Å². The summed E-state index contributed by atoms with van der Waals surface area (Å²) in [5.74, 6) is 3.48. The molecule has 1 atom stereocenters.